The number of hydrogen-bond acceptors (Lipinski definition) is 5. The van der Waals surface area contributed by atoms with Crippen LogP contribution in [0.3, 0.4) is 0 Å². The summed E-state index contributed by atoms with van der Waals surface area (Å²) in [4.78, 5) is 28.9. The van der Waals surface area contributed by atoms with E-state index in [4.69, 9.17) is 44.6 Å². The Morgan fingerprint density at radius 3 is 2.35 bits per heavy atom. The first-order valence-corrected chi connectivity index (χ1v) is 13.7. The summed E-state index contributed by atoms with van der Waals surface area (Å²) in [6, 6.07) is 14.5. The molecule has 206 valence electrons. The number of carbonyl (C=O) groups is 2. The summed E-state index contributed by atoms with van der Waals surface area (Å²) in [5, 5.41) is 14.1. The largest absolute Gasteiger partial charge is 0.457 e. The van der Waals surface area contributed by atoms with Crippen molar-refractivity contribution >= 4 is 58.2 Å². The van der Waals surface area contributed by atoms with Crippen molar-refractivity contribution in [2.45, 2.75) is 31.6 Å². The van der Waals surface area contributed by atoms with Crippen LogP contribution < -0.4 is 20.7 Å². The van der Waals surface area contributed by atoms with Crippen LogP contribution in [0, 0.1) is 0 Å². The number of amides is 3. The first kappa shape index (κ1) is 27.8. The number of ether oxygens (including phenoxy) is 1. The van der Waals surface area contributed by atoms with Crippen molar-refractivity contribution in [3.8, 4) is 17.2 Å². The maximum Gasteiger partial charge on any atom is 0.324 e. The number of carbonyl (C=O) groups excluding carboxylic acids is 2. The quantitative estimate of drug-likeness (QED) is 0.202. The van der Waals surface area contributed by atoms with E-state index in [1.54, 1.807) is 47.1 Å². The van der Waals surface area contributed by atoms with Crippen molar-refractivity contribution in [3.63, 3.8) is 0 Å². The van der Waals surface area contributed by atoms with Gasteiger partial charge in [-0.15, -0.1) is 0 Å². The monoisotopic (exact) mass is 598 g/mol. The third kappa shape index (κ3) is 6.50. The molecule has 5 rings (SSSR count). The number of urea groups is 1. The Bertz CT molecular complexity index is 1550. The van der Waals surface area contributed by atoms with E-state index in [1.807, 2.05) is 6.07 Å². The number of nitrogens with zero attached hydrogens (tertiary/aromatic N) is 3. The van der Waals surface area contributed by atoms with Crippen LogP contribution in [0.1, 0.15) is 47.8 Å². The van der Waals surface area contributed by atoms with Crippen molar-refractivity contribution < 1.29 is 14.3 Å². The fraction of sp³-hybridized carbons (Fsp3) is 0.214. The molecule has 0 saturated heterocycles. The number of anilines is 2. The average molecular weight is 600 g/mol. The molecular formula is C28H25Cl3N6O3. The van der Waals surface area contributed by atoms with Gasteiger partial charge in [0.1, 0.15) is 23.0 Å². The average Bonchev–Trinajstić information content (AvgIpc) is 3.60. The summed E-state index contributed by atoms with van der Waals surface area (Å²) in [6.45, 7) is 0. The van der Waals surface area contributed by atoms with Gasteiger partial charge in [0.05, 0.1) is 22.1 Å². The molecule has 2 heterocycles. The molecule has 0 atom stereocenters. The lowest BCUT2D eigenvalue weighted by Gasteiger charge is -2.13. The maximum atomic E-state index is 13.0. The molecule has 3 amide bonds. The summed E-state index contributed by atoms with van der Waals surface area (Å²) < 4.78 is 7.45. The fourth-order valence-corrected chi connectivity index (χ4v) is 5.29. The SMILES string of the molecule is CNC(=O)c1cc(Oc2ccc(NC(=O)Nc3cc(C4CCCC4)nn3-c3cc(Cl)cc(Cl)c3)c(Cl)c2)ccn1. The summed E-state index contributed by atoms with van der Waals surface area (Å²) in [5.74, 6) is 1.30. The van der Waals surface area contributed by atoms with Crippen LogP contribution in [-0.4, -0.2) is 33.8 Å². The van der Waals surface area contributed by atoms with Crippen LogP contribution in [0.15, 0.2) is 60.8 Å². The molecule has 1 aliphatic rings. The highest BCUT2D eigenvalue weighted by molar-refractivity contribution is 6.35. The maximum absolute atomic E-state index is 13.0. The van der Waals surface area contributed by atoms with E-state index in [9.17, 15) is 9.59 Å². The summed E-state index contributed by atoms with van der Waals surface area (Å²) in [6.07, 6.45) is 5.88. The molecule has 12 heteroatoms. The van der Waals surface area contributed by atoms with Crippen LogP contribution in [0.2, 0.25) is 15.1 Å². The normalized spacial score (nSPS) is 13.2. The van der Waals surface area contributed by atoms with E-state index in [-0.39, 0.29) is 16.6 Å². The Morgan fingerprint density at radius 2 is 1.65 bits per heavy atom. The van der Waals surface area contributed by atoms with Gasteiger partial charge in [0.15, 0.2) is 0 Å². The van der Waals surface area contributed by atoms with Crippen LogP contribution in [0.4, 0.5) is 16.3 Å². The van der Waals surface area contributed by atoms with E-state index in [0.717, 1.165) is 31.4 Å². The number of hydrogen-bond donors (Lipinski definition) is 3. The minimum atomic E-state index is -0.507. The van der Waals surface area contributed by atoms with Gasteiger partial charge in [0, 0.05) is 47.4 Å². The summed E-state index contributed by atoms with van der Waals surface area (Å²) in [7, 11) is 1.52. The van der Waals surface area contributed by atoms with Crippen LogP contribution in [0.5, 0.6) is 11.5 Å². The zero-order chi connectivity index (χ0) is 28.2. The molecular weight excluding hydrogens is 575 g/mol. The Morgan fingerprint density at radius 1 is 0.925 bits per heavy atom. The molecule has 0 bridgehead atoms. The Kier molecular flexibility index (Phi) is 8.44. The second-order valence-electron chi connectivity index (χ2n) is 9.25. The van der Waals surface area contributed by atoms with E-state index in [2.05, 4.69) is 20.9 Å². The summed E-state index contributed by atoms with van der Waals surface area (Å²) >= 11 is 18.9. The lowest BCUT2D eigenvalue weighted by atomic mass is 10.0. The van der Waals surface area contributed by atoms with E-state index >= 15 is 0 Å². The molecule has 4 aromatic rings. The first-order chi connectivity index (χ1) is 19.3. The molecule has 1 aliphatic carbocycles. The van der Waals surface area contributed by atoms with E-state index in [0.29, 0.717) is 44.7 Å². The van der Waals surface area contributed by atoms with Gasteiger partial charge >= 0.3 is 6.03 Å². The Hall–Kier alpha value is -3.79. The van der Waals surface area contributed by atoms with Gasteiger partial charge < -0.3 is 15.4 Å². The van der Waals surface area contributed by atoms with Crippen molar-refractivity contribution in [2.24, 2.45) is 0 Å². The van der Waals surface area contributed by atoms with Crippen LogP contribution >= 0.6 is 34.8 Å². The molecule has 0 spiro atoms. The van der Waals surface area contributed by atoms with Crippen molar-refractivity contribution in [1.29, 1.82) is 0 Å². The number of halogens is 3. The molecule has 2 aromatic carbocycles. The van der Waals surface area contributed by atoms with Gasteiger partial charge in [-0.2, -0.15) is 5.10 Å². The molecule has 40 heavy (non-hydrogen) atoms. The van der Waals surface area contributed by atoms with Crippen molar-refractivity contribution in [1.82, 2.24) is 20.1 Å². The summed E-state index contributed by atoms with van der Waals surface area (Å²) in [5.41, 5.74) is 2.13. The first-order valence-electron chi connectivity index (χ1n) is 12.6. The fourth-order valence-electron chi connectivity index (χ4n) is 4.56. The van der Waals surface area contributed by atoms with Gasteiger partial charge in [-0.05, 0) is 49.2 Å². The highest BCUT2D eigenvalue weighted by atomic mass is 35.5. The van der Waals surface area contributed by atoms with Crippen molar-refractivity contribution in [2.75, 3.05) is 17.7 Å². The third-order valence-corrected chi connectivity index (χ3v) is 7.20. The Balaban J connectivity index is 1.32. The highest BCUT2D eigenvalue weighted by Gasteiger charge is 2.23. The highest BCUT2D eigenvalue weighted by Crippen LogP contribution is 2.36. The molecule has 1 fully saturated rings. The second kappa shape index (κ2) is 12.2. The molecule has 0 aliphatic heterocycles. The standard InChI is InChI=1S/C28H25Cl3N6O3/c1-32-27(38)25-14-21(8-9-33-25)40-20-6-7-23(22(31)13-20)34-28(39)35-26-15-24(16-4-2-3-5-16)36-37(26)19-11-17(29)10-18(30)12-19/h6-16H,2-5H2,1H3,(H,32,38)(H2,34,35,39). The zero-order valence-corrected chi connectivity index (χ0v) is 23.6. The molecule has 0 unspecified atom stereocenters. The van der Waals surface area contributed by atoms with Gasteiger partial charge in [-0.1, -0.05) is 47.6 Å². The third-order valence-electron chi connectivity index (χ3n) is 6.45. The van der Waals surface area contributed by atoms with E-state index < -0.39 is 6.03 Å². The van der Waals surface area contributed by atoms with Crippen molar-refractivity contribution in [3.05, 3.63) is 87.2 Å². The van der Waals surface area contributed by atoms with Gasteiger partial charge in [-0.25, -0.2) is 9.48 Å². The second-order valence-corrected chi connectivity index (χ2v) is 10.5. The number of benzene rings is 2. The lowest BCUT2D eigenvalue weighted by molar-refractivity contribution is 0.0958. The number of nitrogens with one attached hydrogen (secondary N) is 3. The van der Waals surface area contributed by atoms with Crippen LogP contribution in [0.25, 0.3) is 5.69 Å². The van der Waals surface area contributed by atoms with Crippen LogP contribution in [-0.2, 0) is 0 Å². The molecule has 1 saturated carbocycles. The molecule has 0 radical (unpaired) electrons. The minimum Gasteiger partial charge on any atom is -0.457 e. The molecule has 3 N–H and O–H groups in total. The predicted octanol–water partition coefficient (Wildman–Crippen LogP) is 7.68. The molecule has 9 nitrogen and oxygen atoms in total. The topological polar surface area (TPSA) is 110 Å². The number of aromatic nitrogens is 3. The number of rotatable bonds is 7. The van der Waals surface area contributed by atoms with Gasteiger partial charge in [-0.3, -0.25) is 15.1 Å². The zero-order valence-electron chi connectivity index (χ0n) is 21.4. The van der Waals surface area contributed by atoms with Gasteiger partial charge in [0.25, 0.3) is 5.91 Å². The molecule has 2 aromatic heterocycles. The predicted molar refractivity (Wildman–Crippen MR) is 157 cm³/mol. The van der Waals surface area contributed by atoms with E-state index in [1.165, 1.54) is 19.3 Å². The smallest absolute Gasteiger partial charge is 0.324 e. The Labute approximate surface area is 245 Å². The number of pyridine rings is 1. The van der Waals surface area contributed by atoms with Gasteiger partial charge in [0.2, 0.25) is 0 Å². The minimum absolute atomic E-state index is 0.219. The lowest BCUT2D eigenvalue weighted by Crippen LogP contribution is -2.21.